The predicted octanol–water partition coefficient (Wildman–Crippen LogP) is 3.82. The van der Waals surface area contributed by atoms with Crippen LogP contribution in [0.25, 0.3) is 10.9 Å². The summed E-state index contributed by atoms with van der Waals surface area (Å²) in [5, 5.41) is 10.2. The molecular formula is C13H14ClNO2. The number of aromatic amines is 1. The molecule has 1 aromatic carbocycles. The number of carboxylic acids is 1. The van der Waals surface area contributed by atoms with Crippen molar-refractivity contribution in [1.82, 2.24) is 4.98 Å². The van der Waals surface area contributed by atoms with Gasteiger partial charge >= 0.3 is 5.97 Å². The molecular weight excluding hydrogens is 238 g/mol. The molecule has 2 N–H and O–H groups in total. The Hall–Kier alpha value is -1.48. The number of nitrogens with one attached hydrogen (secondary N) is 1. The number of aromatic carboxylic acids is 1. The molecule has 0 amide bonds. The number of carbonyl (C=O) groups is 1. The summed E-state index contributed by atoms with van der Waals surface area (Å²) in [6.45, 7) is 6.10. The molecule has 0 aliphatic rings. The van der Waals surface area contributed by atoms with E-state index in [-0.39, 0.29) is 11.0 Å². The smallest absolute Gasteiger partial charge is 0.336 e. The van der Waals surface area contributed by atoms with Crippen molar-refractivity contribution in [3.8, 4) is 0 Å². The number of rotatable bonds is 1. The highest BCUT2D eigenvalue weighted by Gasteiger charge is 2.24. The molecule has 0 fully saturated rings. The molecule has 0 radical (unpaired) electrons. The minimum Gasteiger partial charge on any atom is -0.478 e. The maximum atomic E-state index is 11.2. The Labute approximate surface area is 104 Å². The van der Waals surface area contributed by atoms with E-state index < -0.39 is 5.97 Å². The van der Waals surface area contributed by atoms with E-state index >= 15 is 0 Å². The minimum absolute atomic E-state index is 0.147. The molecule has 0 bridgehead atoms. The summed E-state index contributed by atoms with van der Waals surface area (Å²) < 4.78 is 0. The van der Waals surface area contributed by atoms with E-state index in [1.165, 1.54) is 0 Å². The molecule has 17 heavy (non-hydrogen) atoms. The fraction of sp³-hybridized carbons (Fsp3) is 0.308. The Balaban J connectivity index is 2.84. The van der Waals surface area contributed by atoms with Crippen molar-refractivity contribution in [2.75, 3.05) is 0 Å². The van der Waals surface area contributed by atoms with Gasteiger partial charge in [0.2, 0.25) is 0 Å². The van der Waals surface area contributed by atoms with E-state index in [2.05, 4.69) is 4.98 Å². The van der Waals surface area contributed by atoms with Crippen molar-refractivity contribution < 1.29 is 9.90 Å². The first-order valence-corrected chi connectivity index (χ1v) is 5.74. The molecule has 90 valence electrons. The lowest BCUT2D eigenvalue weighted by Gasteiger charge is -2.17. The molecule has 1 aromatic heterocycles. The van der Waals surface area contributed by atoms with Crippen LogP contribution in [0, 0.1) is 0 Å². The van der Waals surface area contributed by atoms with Gasteiger partial charge < -0.3 is 10.1 Å². The first kappa shape index (κ1) is 12.0. The molecule has 0 aliphatic heterocycles. The summed E-state index contributed by atoms with van der Waals surface area (Å²) in [7, 11) is 0. The van der Waals surface area contributed by atoms with Crippen LogP contribution in [-0.2, 0) is 5.41 Å². The highest BCUT2D eigenvalue weighted by atomic mass is 35.5. The first-order valence-electron chi connectivity index (χ1n) is 5.36. The molecule has 0 atom stereocenters. The van der Waals surface area contributed by atoms with Crippen molar-refractivity contribution in [2.45, 2.75) is 26.2 Å². The average molecular weight is 252 g/mol. The number of aromatic nitrogens is 1. The number of fused-ring (bicyclic) bond motifs is 1. The second kappa shape index (κ2) is 3.77. The molecule has 1 heterocycles. The zero-order valence-electron chi connectivity index (χ0n) is 9.97. The van der Waals surface area contributed by atoms with Gasteiger partial charge in [-0.05, 0) is 12.1 Å². The Morgan fingerprint density at radius 1 is 1.35 bits per heavy atom. The van der Waals surface area contributed by atoms with E-state index in [4.69, 9.17) is 16.7 Å². The summed E-state index contributed by atoms with van der Waals surface area (Å²) >= 11 is 6.30. The zero-order chi connectivity index (χ0) is 12.8. The highest BCUT2D eigenvalue weighted by molar-refractivity contribution is 6.37. The van der Waals surface area contributed by atoms with E-state index in [0.29, 0.717) is 10.4 Å². The molecule has 0 unspecified atom stereocenters. The monoisotopic (exact) mass is 251 g/mol. The Kier molecular flexibility index (Phi) is 2.66. The summed E-state index contributed by atoms with van der Waals surface area (Å²) in [5.41, 5.74) is 1.72. The SMILES string of the molecule is CC(C)(C)c1[nH]c2cccc(C(=O)O)c2c1Cl. The molecule has 4 heteroatoms. The third-order valence-electron chi connectivity index (χ3n) is 2.74. The minimum atomic E-state index is -0.961. The van der Waals surface area contributed by atoms with Gasteiger partial charge in [0.05, 0.1) is 10.6 Å². The fourth-order valence-electron chi connectivity index (χ4n) is 1.90. The molecule has 3 nitrogen and oxygen atoms in total. The average Bonchev–Trinajstić information content (AvgIpc) is 2.55. The standard InChI is InChI=1S/C13H14ClNO2/c1-13(2,3)11-10(14)9-7(12(16)17)5-4-6-8(9)15-11/h4-6,15H,1-3H3,(H,16,17). The second-order valence-electron chi connectivity index (χ2n) is 5.10. The van der Waals surface area contributed by atoms with Crippen LogP contribution in [-0.4, -0.2) is 16.1 Å². The van der Waals surface area contributed by atoms with Gasteiger partial charge in [-0.3, -0.25) is 0 Å². The number of H-pyrrole nitrogens is 1. The van der Waals surface area contributed by atoms with Gasteiger partial charge in [-0.15, -0.1) is 0 Å². The van der Waals surface area contributed by atoms with Gasteiger partial charge in [0, 0.05) is 22.0 Å². The highest BCUT2D eigenvalue weighted by Crippen LogP contribution is 2.36. The third kappa shape index (κ3) is 1.91. The maximum Gasteiger partial charge on any atom is 0.336 e. The molecule has 2 aromatic rings. The van der Waals surface area contributed by atoms with E-state index in [9.17, 15) is 4.79 Å². The summed E-state index contributed by atoms with van der Waals surface area (Å²) in [4.78, 5) is 14.4. The fourth-order valence-corrected chi connectivity index (χ4v) is 2.44. The van der Waals surface area contributed by atoms with Crippen LogP contribution >= 0.6 is 11.6 Å². The van der Waals surface area contributed by atoms with Crippen LogP contribution < -0.4 is 0 Å². The quantitative estimate of drug-likeness (QED) is 0.810. The number of benzene rings is 1. The Morgan fingerprint density at radius 3 is 2.53 bits per heavy atom. The Morgan fingerprint density at radius 2 is 2.00 bits per heavy atom. The summed E-state index contributed by atoms with van der Waals surface area (Å²) in [5.74, 6) is -0.961. The number of hydrogen-bond donors (Lipinski definition) is 2. The van der Waals surface area contributed by atoms with Gasteiger partial charge in [0.15, 0.2) is 0 Å². The van der Waals surface area contributed by atoms with E-state index in [0.717, 1.165) is 11.2 Å². The topological polar surface area (TPSA) is 53.1 Å². The van der Waals surface area contributed by atoms with Crippen LogP contribution in [0.3, 0.4) is 0 Å². The zero-order valence-corrected chi connectivity index (χ0v) is 10.7. The lowest BCUT2D eigenvalue weighted by molar-refractivity contribution is 0.0699. The van der Waals surface area contributed by atoms with Gasteiger partial charge in [-0.25, -0.2) is 4.79 Å². The molecule has 0 saturated carbocycles. The first-order chi connectivity index (χ1) is 7.82. The Bertz CT molecular complexity index is 593. The van der Waals surface area contributed by atoms with Crippen molar-refractivity contribution in [1.29, 1.82) is 0 Å². The predicted molar refractivity (Wildman–Crippen MR) is 69.0 cm³/mol. The van der Waals surface area contributed by atoms with Crippen molar-refractivity contribution in [3.63, 3.8) is 0 Å². The van der Waals surface area contributed by atoms with Gasteiger partial charge in [0.25, 0.3) is 0 Å². The van der Waals surface area contributed by atoms with Crippen LogP contribution in [0.1, 0.15) is 36.8 Å². The van der Waals surface area contributed by atoms with Crippen LogP contribution in [0.4, 0.5) is 0 Å². The molecule has 2 rings (SSSR count). The van der Waals surface area contributed by atoms with Gasteiger partial charge in [-0.2, -0.15) is 0 Å². The van der Waals surface area contributed by atoms with Crippen molar-refractivity contribution in [3.05, 3.63) is 34.5 Å². The van der Waals surface area contributed by atoms with E-state index in [1.807, 2.05) is 26.8 Å². The second-order valence-corrected chi connectivity index (χ2v) is 5.48. The number of hydrogen-bond acceptors (Lipinski definition) is 1. The largest absolute Gasteiger partial charge is 0.478 e. The van der Waals surface area contributed by atoms with Gasteiger partial charge in [0.1, 0.15) is 0 Å². The molecule has 0 saturated heterocycles. The number of halogens is 1. The lowest BCUT2D eigenvalue weighted by Crippen LogP contribution is -2.11. The van der Waals surface area contributed by atoms with E-state index in [1.54, 1.807) is 12.1 Å². The van der Waals surface area contributed by atoms with Gasteiger partial charge in [-0.1, -0.05) is 38.4 Å². The lowest BCUT2D eigenvalue weighted by atomic mass is 9.92. The van der Waals surface area contributed by atoms with Crippen LogP contribution in [0.15, 0.2) is 18.2 Å². The third-order valence-corrected chi connectivity index (χ3v) is 3.12. The van der Waals surface area contributed by atoms with Crippen LogP contribution in [0.5, 0.6) is 0 Å². The summed E-state index contributed by atoms with van der Waals surface area (Å²) in [6, 6.07) is 5.12. The molecule has 0 spiro atoms. The summed E-state index contributed by atoms with van der Waals surface area (Å²) in [6.07, 6.45) is 0. The molecule has 0 aliphatic carbocycles. The number of carboxylic acid groups (broad SMARTS) is 1. The van der Waals surface area contributed by atoms with Crippen molar-refractivity contribution >= 4 is 28.5 Å². The normalized spacial score (nSPS) is 12.0. The van der Waals surface area contributed by atoms with Crippen molar-refractivity contribution in [2.24, 2.45) is 0 Å². The van der Waals surface area contributed by atoms with Crippen LogP contribution in [0.2, 0.25) is 5.02 Å². The maximum absolute atomic E-state index is 11.2.